The van der Waals surface area contributed by atoms with Gasteiger partial charge in [0, 0.05) is 6.54 Å². The molecule has 1 amide bonds. The first-order valence-electron chi connectivity index (χ1n) is 6.01. The molecule has 0 radical (unpaired) electrons. The molecule has 1 aromatic rings. The van der Waals surface area contributed by atoms with Crippen LogP contribution in [-0.4, -0.2) is 38.4 Å². The summed E-state index contributed by atoms with van der Waals surface area (Å²) in [4.78, 5) is 11.9. The zero-order valence-electron chi connectivity index (χ0n) is 10.5. The molecule has 0 aromatic heterocycles. The van der Waals surface area contributed by atoms with Crippen LogP contribution in [0.15, 0.2) is 12.1 Å². The van der Waals surface area contributed by atoms with Crippen LogP contribution >= 0.6 is 11.6 Å². The monoisotopic (exact) mass is 287 g/mol. The summed E-state index contributed by atoms with van der Waals surface area (Å²) in [6.45, 7) is 3.46. The highest BCUT2D eigenvalue weighted by molar-refractivity contribution is 6.34. The predicted octanol–water partition coefficient (Wildman–Crippen LogP) is 1.93. The summed E-state index contributed by atoms with van der Waals surface area (Å²) in [6, 6.07) is 2.77. The lowest BCUT2D eigenvalue weighted by molar-refractivity contribution is -0.0855. The van der Waals surface area contributed by atoms with Gasteiger partial charge in [0.05, 0.1) is 36.5 Å². The van der Waals surface area contributed by atoms with E-state index in [4.69, 9.17) is 21.1 Å². The van der Waals surface area contributed by atoms with Gasteiger partial charge in [-0.2, -0.15) is 0 Å². The molecular formula is C13H15ClFNO3. The maximum absolute atomic E-state index is 13.6. The molecule has 1 heterocycles. The van der Waals surface area contributed by atoms with E-state index in [1.54, 1.807) is 6.92 Å². The van der Waals surface area contributed by atoms with E-state index < -0.39 is 11.7 Å². The Kier molecular flexibility index (Phi) is 4.74. The number of benzene rings is 1. The lowest BCUT2D eigenvalue weighted by Gasteiger charge is -2.23. The fourth-order valence-corrected chi connectivity index (χ4v) is 2.05. The highest BCUT2D eigenvalue weighted by atomic mass is 35.5. The summed E-state index contributed by atoms with van der Waals surface area (Å²) < 4.78 is 24.2. The molecule has 6 heteroatoms. The van der Waals surface area contributed by atoms with Gasteiger partial charge >= 0.3 is 0 Å². The molecule has 0 spiro atoms. The molecule has 1 fully saturated rings. The second-order valence-electron chi connectivity index (χ2n) is 4.33. The minimum atomic E-state index is -0.631. The smallest absolute Gasteiger partial charge is 0.255 e. The Morgan fingerprint density at radius 2 is 2.32 bits per heavy atom. The number of carbonyl (C=O) groups excluding carboxylic acids is 1. The molecule has 0 bridgehead atoms. The molecule has 1 aliphatic heterocycles. The zero-order valence-corrected chi connectivity index (χ0v) is 11.3. The van der Waals surface area contributed by atoms with Gasteiger partial charge in [0.25, 0.3) is 5.91 Å². The molecule has 0 saturated carbocycles. The Bertz CT molecular complexity index is 475. The van der Waals surface area contributed by atoms with Gasteiger partial charge in [-0.3, -0.25) is 4.79 Å². The summed E-state index contributed by atoms with van der Waals surface area (Å²) in [5, 5.41) is 2.75. The molecule has 1 N–H and O–H groups in total. The molecule has 1 atom stereocenters. The van der Waals surface area contributed by atoms with Crippen molar-refractivity contribution >= 4 is 17.5 Å². The van der Waals surface area contributed by atoms with Gasteiger partial charge in [0.1, 0.15) is 5.82 Å². The third kappa shape index (κ3) is 3.43. The van der Waals surface area contributed by atoms with Crippen LogP contribution in [0.25, 0.3) is 0 Å². The average molecular weight is 288 g/mol. The van der Waals surface area contributed by atoms with E-state index in [0.717, 1.165) is 0 Å². The number of hydrogen-bond acceptors (Lipinski definition) is 3. The van der Waals surface area contributed by atoms with Gasteiger partial charge in [-0.1, -0.05) is 17.7 Å². The first-order chi connectivity index (χ1) is 9.09. The van der Waals surface area contributed by atoms with E-state index in [2.05, 4.69) is 5.32 Å². The van der Waals surface area contributed by atoms with Crippen molar-refractivity contribution in [3.63, 3.8) is 0 Å². The van der Waals surface area contributed by atoms with Crippen molar-refractivity contribution in [1.82, 2.24) is 5.32 Å². The number of halogens is 2. The minimum absolute atomic E-state index is 0.126. The predicted molar refractivity (Wildman–Crippen MR) is 69.0 cm³/mol. The highest BCUT2D eigenvalue weighted by Crippen LogP contribution is 2.23. The fourth-order valence-electron chi connectivity index (χ4n) is 1.81. The number of rotatable bonds is 3. The van der Waals surface area contributed by atoms with Gasteiger partial charge in [-0.25, -0.2) is 4.39 Å². The third-order valence-corrected chi connectivity index (χ3v) is 3.37. The van der Waals surface area contributed by atoms with Crippen LogP contribution in [0.2, 0.25) is 5.02 Å². The van der Waals surface area contributed by atoms with Crippen LogP contribution in [0.5, 0.6) is 0 Å². The third-order valence-electron chi connectivity index (χ3n) is 2.89. The lowest BCUT2D eigenvalue weighted by Crippen LogP contribution is -2.40. The second kappa shape index (κ2) is 6.32. The Labute approximate surface area is 115 Å². The van der Waals surface area contributed by atoms with Crippen LogP contribution < -0.4 is 5.32 Å². The quantitative estimate of drug-likeness (QED) is 0.924. The van der Waals surface area contributed by atoms with Gasteiger partial charge in [-0.05, 0) is 18.6 Å². The van der Waals surface area contributed by atoms with Crippen LogP contribution in [-0.2, 0) is 9.47 Å². The first kappa shape index (κ1) is 14.2. The largest absolute Gasteiger partial charge is 0.376 e. The van der Waals surface area contributed by atoms with Crippen molar-refractivity contribution in [3.8, 4) is 0 Å². The molecular weight excluding hydrogens is 273 g/mol. The van der Waals surface area contributed by atoms with Crippen molar-refractivity contribution in [1.29, 1.82) is 0 Å². The standard InChI is InChI=1S/C13H15ClFNO3/c1-8-2-3-10(15)11(12(8)14)13(17)16-6-9-7-18-4-5-19-9/h2-3,9H,4-7H2,1H3,(H,16,17). The number of amides is 1. The van der Waals surface area contributed by atoms with E-state index in [0.29, 0.717) is 25.4 Å². The number of nitrogens with one attached hydrogen (secondary N) is 1. The van der Waals surface area contributed by atoms with E-state index in [-0.39, 0.29) is 23.2 Å². The summed E-state index contributed by atoms with van der Waals surface area (Å²) in [6.07, 6.45) is -0.204. The Morgan fingerprint density at radius 1 is 1.53 bits per heavy atom. The van der Waals surface area contributed by atoms with Gasteiger partial charge in [0.2, 0.25) is 0 Å². The maximum Gasteiger partial charge on any atom is 0.255 e. The lowest BCUT2D eigenvalue weighted by atomic mass is 10.1. The van der Waals surface area contributed by atoms with E-state index in [9.17, 15) is 9.18 Å². The molecule has 1 unspecified atom stereocenters. The fraction of sp³-hybridized carbons (Fsp3) is 0.462. The SMILES string of the molecule is Cc1ccc(F)c(C(=O)NCC2COCCO2)c1Cl. The van der Waals surface area contributed by atoms with Gasteiger partial charge in [0.15, 0.2) is 0 Å². The van der Waals surface area contributed by atoms with Crippen molar-refractivity contribution in [3.05, 3.63) is 34.1 Å². The van der Waals surface area contributed by atoms with Crippen LogP contribution in [0, 0.1) is 12.7 Å². The molecule has 4 nitrogen and oxygen atoms in total. The molecule has 104 valence electrons. The van der Waals surface area contributed by atoms with Crippen molar-refractivity contribution < 1.29 is 18.7 Å². The molecule has 1 saturated heterocycles. The molecule has 1 aliphatic rings. The normalized spacial score (nSPS) is 19.2. The van der Waals surface area contributed by atoms with Crippen LogP contribution in [0.1, 0.15) is 15.9 Å². The summed E-state index contributed by atoms with van der Waals surface area (Å²) in [7, 11) is 0. The number of carbonyl (C=O) groups is 1. The molecule has 2 rings (SSSR count). The number of aryl methyl sites for hydroxylation is 1. The Hall–Kier alpha value is -1.17. The Balaban J connectivity index is 2.01. The molecule has 0 aliphatic carbocycles. The highest BCUT2D eigenvalue weighted by Gasteiger charge is 2.20. The van der Waals surface area contributed by atoms with E-state index in [1.165, 1.54) is 12.1 Å². The second-order valence-corrected chi connectivity index (χ2v) is 4.71. The molecule has 1 aromatic carbocycles. The van der Waals surface area contributed by atoms with Crippen molar-refractivity contribution in [2.75, 3.05) is 26.4 Å². The van der Waals surface area contributed by atoms with E-state index >= 15 is 0 Å². The molecule has 19 heavy (non-hydrogen) atoms. The van der Waals surface area contributed by atoms with Crippen LogP contribution in [0.3, 0.4) is 0 Å². The topological polar surface area (TPSA) is 47.6 Å². The first-order valence-corrected chi connectivity index (χ1v) is 6.39. The minimum Gasteiger partial charge on any atom is -0.376 e. The number of ether oxygens (including phenoxy) is 2. The van der Waals surface area contributed by atoms with Crippen molar-refractivity contribution in [2.24, 2.45) is 0 Å². The summed E-state index contributed by atoms with van der Waals surface area (Å²) in [5.74, 6) is -1.17. The van der Waals surface area contributed by atoms with Crippen molar-refractivity contribution in [2.45, 2.75) is 13.0 Å². The number of hydrogen-bond donors (Lipinski definition) is 1. The van der Waals surface area contributed by atoms with Gasteiger partial charge < -0.3 is 14.8 Å². The zero-order chi connectivity index (χ0) is 13.8. The summed E-state index contributed by atoms with van der Waals surface area (Å²) in [5.41, 5.74) is 0.531. The summed E-state index contributed by atoms with van der Waals surface area (Å²) >= 11 is 5.96. The van der Waals surface area contributed by atoms with Gasteiger partial charge in [-0.15, -0.1) is 0 Å². The Morgan fingerprint density at radius 3 is 3.00 bits per heavy atom. The maximum atomic E-state index is 13.6. The van der Waals surface area contributed by atoms with E-state index in [1.807, 2.05) is 0 Å². The average Bonchev–Trinajstić information content (AvgIpc) is 2.42. The van der Waals surface area contributed by atoms with Crippen LogP contribution in [0.4, 0.5) is 4.39 Å².